The first kappa shape index (κ1) is 9.59. The van der Waals surface area contributed by atoms with Gasteiger partial charge in [-0.2, -0.15) is 0 Å². The van der Waals surface area contributed by atoms with Crippen LogP contribution < -0.4 is 5.32 Å². The maximum atomic E-state index is 6.02. The lowest BCUT2D eigenvalue weighted by Crippen LogP contribution is -2.44. The number of rotatable bonds is 0. The molecule has 3 heteroatoms. The van der Waals surface area contributed by atoms with Gasteiger partial charge >= 0.3 is 0 Å². The minimum atomic E-state index is 0.130. The Hall–Kier alpha value is -0.500. The summed E-state index contributed by atoms with van der Waals surface area (Å²) in [5.41, 5.74) is 0.130. The fourth-order valence-corrected chi connectivity index (χ4v) is 1.61. The topological polar surface area (TPSA) is 24.4 Å². The molecule has 0 saturated heterocycles. The largest absolute Gasteiger partial charge is 0.365 e. The Morgan fingerprint density at radius 3 is 2.50 bits per heavy atom. The van der Waals surface area contributed by atoms with Gasteiger partial charge in [-0.05, 0) is 12.3 Å². The van der Waals surface area contributed by atoms with Gasteiger partial charge in [0.25, 0.3) is 0 Å². The van der Waals surface area contributed by atoms with Crippen LogP contribution in [0.4, 0.5) is 0 Å². The van der Waals surface area contributed by atoms with Crippen molar-refractivity contribution in [2.24, 2.45) is 10.4 Å². The van der Waals surface area contributed by atoms with Crippen LogP contribution in [-0.4, -0.2) is 11.9 Å². The molecule has 1 atom stereocenters. The lowest BCUT2D eigenvalue weighted by Gasteiger charge is -2.33. The summed E-state index contributed by atoms with van der Waals surface area (Å²) in [5, 5.41) is 4.04. The van der Waals surface area contributed by atoms with E-state index in [1.807, 2.05) is 6.92 Å². The molecule has 0 saturated carbocycles. The van der Waals surface area contributed by atoms with E-state index in [4.69, 9.17) is 11.6 Å². The summed E-state index contributed by atoms with van der Waals surface area (Å²) in [6.07, 6.45) is 1.73. The maximum Gasteiger partial charge on any atom is 0.0989 e. The van der Waals surface area contributed by atoms with Crippen LogP contribution >= 0.6 is 11.6 Å². The molecule has 0 bridgehead atoms. The molecule has 2 nitrogen and oxygen atoms in total. The number of halogens is 1. The second kappa shape index (κ2) is 3.09. The molecule has 0 fully saturated rings. The molecular weight excluding hydrogens is 172 g/mol. The van der Waals surface area contributed by atoms with Gasteiger partial charge in [-0.25, -0.2) is 4.99 Å². The summed E-state index contributed by atoms with van der Waals surface area (Å²) >= 11 is 6.02. The van der Waals surface area contributed by atoms with Crippen molar-refractivity contribution in [2.45, 2.75) is 33.7 Å². The van der Waals surface area contributed by atoms with Crippen LogP contribution in [0.5, 0.6) is 0 Å². The van der Waals surface area contributed by atoms with Crippen LogP contribution in [-0.2, 0) is 0 Å². The van der Waals surface area contributed by atoms with Gasteiger partial charge in [0.15, 0.2) is 0 Å². The molecule has 68 valence electrons. The van der Waals surface area contributed by atoms with Crippen molar-refractivity contribution in [3.63, 3.8) is 0 Å². The number of nitrogens with one attached hydrogen (secondary N) is 1. The Balaban J connectivity index is 2.84. The lowest BCUT2D eigenvalue weighted by atomic mass is 9.86. The molecule has 1 unspecified atom stereocenters. The predicted molar refractivity (Wildman–Crippen MR) is 53.4 cm³/mol. The van der Waals surface area contributed by atoms with Gasteiger partial charge < -0.3 is 5.32 Å². The third-order valence-electron chi connectivity index (χ3n) is 1.88. The standard InChI is InChI=1S/C9H15ClN2/c1-6-11-5-7(10)8(12-6)9(2,3)4/h5,8H,1-4H3,(H,11,12). The first-order valence-electron chi connectivity index (χ1n) is 4.08. The number of hydrogen-bond donors (Lipinski definition) is 1. The van der Waals surface area contributed by atoms with Crippen molar-refractivity contribution in [3.8, 4) is 0 Å². The minimum absolute atomic E-state index is 0.130. The fourth-order valence-electron chi connectivity index (χ4n) is 1.18. The molecule has 12 heavy (non-hydrogen) atoms. The van der Waals surface area contributed by atoms with Gasteiger partial charge in [0, 0.05) is 6.20 Å². The zero-order valence-electron chi connectivity index (χ0n) is 7.98. The van der Waals surface area contributed by atoms with Gasteiger partial charge in [-0.3, -0.25) is 0 Å². The highest BCUT2D eigenvalue weighted by Crippen LogP contribution is 2.28. The monoisotopic (exact) mass is 186 g/mol. The Bertz CT molecular complexity index is 235. The zero-order chi connectivity index (χ0) is 9.35. The number of nitrogens with zero attached hydrogens (tertiary/aromatic N) is 1. The van der Waals surface area contributed by atoms with Gasteiger partial charge in [-0.1, -0.05) is 32.4 Å². The first-order valence-corrected chi connectivity index (χ1v) is 4.45. The smallest absolute Gasteiger partial charge is 0.0989 e. The van der Waals surface area contributed by atoms with E-state index >= 15 is 0 Å². The molecule has 1 rings (SSSR count). The van der Waals surface area contributed by atoms with E-state index in [0.29, 0.717) is 0 Å². The molecule has 1 aliphatic heterocycles. The molecule has 1 heterocycles. The van der Waals surface area contributed by atoms with E-state index in [9.17, 15) is 0 Å². The zero-order valence-corrected chi connectivity index (χ0v) is 8.74. The van der Waals surface area contributed by atoms with Crippen LogP contribution in [0.2, 0.25) is 0 Å². The van der Waals surface area contributed by atoms with Gasteiger partial charge in [0.05, 0.1) is 16.9 Å². The van der Waals surface area contributed by atoms with E-state index < -0.39 is 0 Å². The third kappa shape index (κ3) is 2.01. The van der Waals surface area contributed by atoms with Crippen LogP contribution in [0.15, 0.2) is 16.2 Å². The summed E-state index contributed by atoms with van der Waals surface area (Å²) in [5.74, 6) is 0.930. The highest BCUT2D eigenvalue weighted by molar-refractivity contribution is 6.30. The number of hydrogen-bond acceptors (Lipinski definition) is 2. The normalized spacial score (nSPS) is 24.2. The van der Waals surface area contributed by atoms with Crippen molar-refractivity contribution in [1.29, 1.82) is 0 Å². The SMILES string of the molecule is CC1=NC=C(Cl)C(C(C)(C)C)N1. The van der Waals surface area contributed by atoms with Crippen molar-refractivity contribution in [1.82, 2.24) is 5.32 Å². The van der Waals surface area contributed by atoms with E-state index in [1.165, 1.54) is 0 Å². The van der Waals surface area contributed by atoms with Crippen molar-refractivity contribution < 1.29 is 0 Å². The van der Waals surface area contributed by atoms with Crippen molar-refractivity contribution >= 4 is 17.4 Å². The number of aliphatic imine (C=N–C) groups is 1. The average Bonchev–Trinajstić information content (AvgIpc) is 1.92. The summed E-state index contributed by atoms with van der Waals surface area (Å²) in [6, 6.07) is 0.191. The van der Waals surface area contributed by atoms with E-state index in [2.05, 4.69) is 31.1 Å². The van der Waals surface area contributed by atoms with Crippen LogP contribution in [0, 0.1) is 5.41 Å². The van der Waals surface area contributed by atoms with Gasteiger partial charge in [0.2, 0.25) is 0 Å². The summed E-state index contributed by atoms with van der Waals surface area (Å²) < 4.78 is 0. The summed E-state index contributed by atoms with van der Waals surface area (Å²) in [4.78, 5) is 4.09. The molecule has 0 radical (unpaired) electrons. The molecule has 0 aromatic carbocycles. The predicted octanol–water partition coefficient (Wildman–Crippen LogP) is 2.50. The number of amidine groups is 1. The van der Waals surface area contributed by atoms with E-state index in [1.54, 1.807) is 6.20 Å². The van der Waals surface area contributed by atoms with Crippen molar-refractivity contribution in [2.75, 3.05) is 0 Å². The van der Waals surface area contributed by atoms with Crippen LogP contribution in [0.3, 0.4) is 0 Å². The minimum Gasteiger partial charge on any atom is -0.365 e. The molecule has 0 aliphatic carbocycles. The van der Waals surface area contributed by atoms with E-state index in [-0.39, 0.29) is 11.5 Å². The second-order valence-corrected chi connectivity index (χ2v) is 4.61. The highest BCUT2D eigenvalue weighted by atomic mass is 35.5. The van der Waals surface area contributed by atoms with Crippen LogP contribution in [0.1, 0.15) is 27.7 Å². The summed E-state index contributed by atoms with van der Waals surface area (Å²) in [7, 11) is 0. The molecule has 0 amide bonds. The molecular formula is C9H15ClN2. The quantitative estimate of drug-likeness (QED) is 0.618. The van der Waals surface area contributed by atoms with E-state index in [0.717, 1.165) is 10.9 Å². The van der Waals surface area contributed by atoms with Crippen LogP contribution in [0.25, 0.3) is 0 Å². The molecule has 0 spiro atoms. The molecule has 1 N–H and O–H groups in total. The Morgan fingerprint density at radius 1 is 1.50 bits per heavy atom. The van der Waals surface area contributed by atoms with Crippen molar-refractivity contribution in [3.05, 3.63) is 11.2 Å². The van der Waals surface area contributed by atoms with Gasteiger partial charge in [0.1, 0.15) is 0 Å². The Kier molecular flexibility index (Phi) is 2.47. The highest BCUT2D eigenvalue weighted by Gasteiger charge is 2.28. The maximum absolute atomic E-state index is 6.02. The first-order chi connectivity index (χ1) is 5.41. The second-order valence-electron chi connectivity index (χ2n) is 4.17. The molecule has 0 aromatic heterocycles. The average molecular weight is 187 g/mol. The fraction of sp³-hybridized carbons (Fsp3) is 0.667. The molecule has 1 aliphatic rings. The Labute approximate surface area is 78.7 Å². The summed E-state index contributed by atoms with van der Waals surface area (Å²) in [6.45, 7) is 8.40. The molecule has 0 aromatic rings. The lowest BCUT2D eigenvalue weighted by molar-refractivity contribution is 0.336. The Morgan fingerprint density at radius 2 is 2.08 bits per heavy atom. The van der Waals surface area contributed by atoms with Gasteiger partial charge in [-0.15, -0.1) is 0 Å². The third-order valence-corrected chi connectivity index (χ3v) is 2.19.